The van der Waals surface area contributed by atoms with Crippen LogP contribution in [0.15, 0.2) is 41.3 Å². The first-order valence-corrected chi connectivity index (χ1v) is 7.44. The highest BCUT2D eigenvalue weighted by Gasteiger charge is 2.17. The van der Waals surface area contributed by atoms with E-state index in [4.69, 9.17) is 17.3 Å². The third kappa shape index (κ3) is 3.32. The van der Waals surface area contributed by atoms with Crippen LogP contribution in [0.25, 0.3) is 0 Å². The molecule has 2 aromatic rings. The molecule has 0 aliphatic heterocycles. The number of hydrogen-bond donors (Lipinski definition) is 1. The van der Waals surface area contributed by atoms with Crippen molar-refractivity contribution in [1.82, 2.24) is 0 Å². The number of rotatable bonds is 4. The number of halogens is 3. The number of thioether (sulfide) groups is 1. The molecule has 20 heavy (non-hydrogen) atoms. The van der Waals surface area contributed by atoms with Crippen molar-refractivity contribution in [3.05, 3.63) is 64.2 Å². The second-order valence-corrected chi connectivity index (χ2v) is 5.92. The van der Waals surface area contributed by atoms with Crippen LogP contribution in [0, 0.1) is 18.6 Å². The lowest BCUT2D eigenvalue weighted by Crippen LogP contribution is -2.16. The van der Waals surface area contributed by atoms with Crippen LogP contribution in [0.3, 0.4) is 0 Å². The lowest BCUT2D eigenvalue weighted by Gasteiger charge is -2.14. The Morgan fingerprint density at radius 3 is 2.55 bits per heavy atom. The number of nitrogens with two attached hydrogens (primary N) is 1. The Morgan fingerprint density at radius 2 is 1.85 bits per heavy atom. The summed E-state index contributed by atoms with van der Waals surface area (Å²) in [6.07, 6.45) is 0. The molecule has 0 saturated heterocycles. The Balaban J connectivity index is 2.11. The van der Waals surface area contributed by atoms with Crippen molar-refractivity contribution in [2.75, 3.05) is 5.75 Å². The fraction of sp³-hybridized carbons (Fsp3) is 0.200. The second-order valence-electron chi connectivity index (χ2n) is 4.45. The Morgan fingerprint density at radius 1 is 1.15 bits per heavy atom. The highest BCUT2D eigenvalue weighted by Crippen LogP contribution is 2.30. The zero-order chi connectivity index (χ0) is 14.7. The molecule has 2 aromatic carbocycles. The standard InChI is InChI=1S/C15H14ClF2NS/c1-9-6-7-10(15(18)14(9)17)12(19)8-20-13-5-3-2-4-11(13)16/h2-7,12H,8,19H2,1H3. The molecular weight excluding hydrogens is 300 g/mol. The zero-order valence-corrected chi connectivity index (χ0v) is 12.4. The topological polar surface area (TPSA) is 26.0 Å². The van der Waals surface area contributed by atoms with E-state index < -0.39 is 17.7 Å². The molecule has 0 spiro atoms. The minimum Gasteiger partial charge on any atom is -0.323 e. The van der Waals surface area contributed by atoms with E-state index in [2.05, 4.69) is 0 Å². The number of benzene rings is 2. The maximum absolute atomic E-state index is 13.8. The molecule has 1 unspecified atom stereocenters. The summed E-state index contributed by atoms with van der Waals surface area (Å²) in [5.74, 6) is -1.28. The highest BCUT2D eigenvalue weighted by molar-refractivity contribution is 7.99. The van der Waals surface area contributed by atoms with Crippen LogP contribution in [0.1, 0.15) is 17.2 Å². The van der Waals surface area contributed by atoms with E-state index in [-0.39, 0.29) is 11.1 Å². The average molecular weight is 314 g/mol. The van der Waals surface area contributed by atoms with Crippen molar-refractivity contribution in [2.45, 2.75) is 17.9 Å². The molecule has 0 saturated carbocycles. The first-order valence-electron chi connectivity index (χ1n) is 6.08. The summed E-state index contributed by atoms with van der Waals surface area (Å²) in [7, 11) is 0. The Labute approximate surface area is 126 Å². The average Bonchev–Trinajstić information content (AvgIpc) is 2.44. The smallest absolute Gasteiger partial charge is 0.163 e. The highest BCUT2D eigenvalue weighted by atomic mass is 35.5. The predicted octanol–water partition coefficient (Wildman–Crippen LogP) is 4.72. The molecule has 0 aliphatic carbocycles. The first kappa shape index (κ1) is 15.3. The molecule has 2 rings (SSSR count). The van der Waals surface area contributed by atoms with E-state index >= 15 is 0 Å². The quantitative estimate of drug-likeness (QED) is 0.827. The van der Waals surface area contributed by atoms with Crippen LogP contribution in [-0.2, 0) is 0 Å². The van der Waals surface area contributed by atoms with Gasteiger partial charge < -0.3 is 5.73 Å². The maximum atomic E-state index is 13.8. The molecule has 0 bridgehead atoms. The number of hydrogen-bond acceptors (Lipinski definition) is 2. The molecule has 1 nitrogen and oxygen atoms in total. The van der Waals surface area contributed by atoms with Crippen LogP contribution >= 0.6 is 23.4 Å². The van der Waals surface area contributed by atoms with Crippen LogP contribution in [0.5, 0.6) is 0 Å². The van der Waals surface area contributed by atoms with Gasteiger partial charge in [-0.2, -0.15) is 0 Å². The third-order valence-electron chi connectivity index (χ3n) is 2.96. The van der Waals surface area contributed by atoms with Crippen LogP contribution in [-0.4, -0.2) is 5.75 Å². The van der Waals surface area contributed by atoms with Crippen LogP contribution in [0.2, 0.25) is 5.02 Å². The molecule has 0 radical (unpaired) electrons. The summed E-state index contributed by atoms with van der Waals surface area (Å²) in [5, 5.41) is 0.625. The van der Waals surface area contributed by atoms with E-state index in [1.807, 2.05) is 18.2 Å². The molecule has 0 aliphatic rings. The van der Waals surface area contributed by atoms with Gasteiger partial charge in [-0.3, -0.25) is 0 Å². The third-order valence-corrected chi connectivity index (χ3v) is 4.59. The fourth-order valence-electron chi connectivity index (χ4n) is 1.78. The molecule has 1 atom stereocenters. The van der Waals surface area contributed by atoms with Crippen LogP contribution in [0.4, 0.5) is 8.78 Å². The first-order chi connectivity index (χ1) is 9.50. The summed E-state index contributed by atoms with van der Waals surface area (Å²) < 4.78 is 27.3. The van der Waals surface area contributed by atoms with Gasteiger partial charge in [-0.15, -0.1) is 11.8 Å². The SMILES string of the molecule is Cc1ccc(C(N)CSc2ccccc2Cl)c(F)c1F. The molecule has 0 amide bonds. The molecule has 106 valence electrons. The van der Waals surface area contributed by atoms with Gasteiger partial charge in [-0.05, 0) is 24.6 Å². The van der Waals surface area contributed by atoms with Gasteiger partial charge in [0.05, 0.1) is 5.02 Å². The van der Waals surface area contributed by atoms with Gasteiger partial charge >= 0.3 is 0 Å². The van der Waals surface area contributed by atoms with Crippen molar-refractivity contribution in [3.63, 3.8) is 0 Å². The number of aryl methyl sites for hydroxylation is 1. The molecule has 0 fully saturated rings. The predicted molar refractivity (Wildman–Crippen MR) is 80.2 cm³/mol. The van der Waals surface area contributed by atoms with Gasteiger partial charge in [0.1, 0.15) is 0 Å². The van der Waals surface area contributed by atoms with Crippen molar-refractivity contribution < 1.29 is 8.78 Å². The van der Waals surface area contributed by atoms with Gasteiger partial charge in [-0.1, -0.05) is 35.9 Å². The minimum absolute atomic E-state index is 0.188. The Kier molecular flexibility index (Phi) is 5.02. The van der Waals surface area contributed by atoms with E-state index in [0.717, 1.165) is 4.90 Å². The van der Waals surface area contributed by atoms with Gasteiger partial charge in [0.25, 0.3) is 0 Å². The van der Waals surface area contributed by atoms with E-state index in [9.17, 15) is 8.78 Å². The van der Waals surface area contributed by atoms with E-state index in [1.165, 1.54) is 30.8 Å². The van der Waals surface area contributed by atoms with Crippen molar-refractivity contribution in [2.24, 2.45) is 5.73 Å². The summed E-state index contributed by atoms with van der Waals surface area (Å²) in [5.41, 5.74) is 6.40. The summed E-state index contributed by atoms with van der Waals surface area (Å²) in [6.45, 7) is 1.52. The summed E-state index contributed by atoms with van der Waals surface area (Å²) >= 11 is 7.46. The Hall–Kier alpha value is -1.10. The van der Waals surface area contributed by atoms with E-state index in [1.54, 1.807) is 6.07 Å². The molecule has 2 N–H and O–H groups in total. The summed E-state index contributed by atoms with van der Waals surface area (Å²) in [6, 6.07) is 9.83. The molecular formula is C15H14ClF2NS. The lowest BCUT2D eigenvalue weighted by molar-refractivity contribution is 0.488. The maximum Gasteiger partial charge on any atom is 0.163 e. The van der Waals surface area contributed by atoms with Crippen molar-refractivity contribution in [1.29, 1.82) is 0 Å². The largest absolute Gasteiger partial charge is 0.323 e. The van der Waals surface area contributed by atoms with Gasteiger partial charge in [0.15, 0.2) is 11.6 Å². The lowest BCUT2D eigenvalue weighted by atomic mass is 10.1. The molecule has 0 aromatic heterocycles. The Bertz CT molecular complexity index is 619. The normalized spacial score (nSPS) is 12.4. The fourth-order valence-corrected chi connectivity index (χ4v) is 3.00. The van der Waals surface area contributed by atoms with Gasteiger partial charge in [0, 0.05) is 22.3 Å². The minimum atomic E-state index is -0.864. The van der Waals surface area contributed by atoms with E-state index in [0.29, 0.717) is 10.8 Å². The zero-order valence-electron chi connectivity index (χ0n) is 10.9. The van der Waals surface area contributed by atoms with Crippen molar-refractivity contribution in [3.8, 4) is 0 Å². The van der Waals surface area contributed by atoms with Gasteiger partial charge in [0.2, 0.25) is 0 Å². The molecule has 5 heteroatoms. The summed E-state index contributed by atoms with van der Waals surface area (Å²) in [4.78, 5) is 0.873. The van der Waals surface area contributed by atoms with Gasteiger partial charge in [-0.25, -0.2) is 8.78 Å². The molecule has 0 heterocycles. The van der Waals surface area contributed by atoms with Crippen molar-refractivity contribution >= 4 is 23.4 Å². The second kappa shape index (κ2) is 6.57. The van der Waals surface area contributed by atoms with Crippen LogP contribution < -0.4 is 5.73 Å². The monoisotopic (exact) mass is 313 g/mol.